The second-order valence-electron chi connectivity index (χ2n) is 9.14. The van der Waals surface area contributed by atoms with Crippen LogP contribution in [0.1, 0.15) is 74.3 Å². The molecule has 11 heteroatoms. The lowest BCUT2D eigenvalue weighted by molar-refractivity contribution is -0.657. The Morgan fingerprint density at radius 1 is 1.20 bits per heavy atom. The van der Waals surface area contributed by atoms with Crippen molar-refractivity contribution in [2.75, 3.05) is 6.61 Å². The molecule has 35 heavy (non-hydrogen) atoms. The van der Waals surface area contributed by atoms with Crippen LogP contribution in [0.3, 0.4) is 0 Å². The molecule has 6 N–H and O–H groups in total. The van der Waals surface area contributed by atoms with Crippen molar-refractivity contribution in [1.29, 1.82) is 0 Å². The SMILES string of the molecule is CC(C)c1c(C(=O)NC2CCCC2)nn(-c2ccc(F)cc2)c1OC[C@@H](O)C[C@@H](O)CC(=O)O[NH3+]. The molecule has 2 atom stereocenters. The number of nitrogens with zero attached hydrogens (tertiary/aromatic N) is 2. The molecule has 0 saturated heterocycles. The maximum Gasteiger partial charge on any atom is 0.368 e. The van der Waals surface area contributed by atoms with E-state index in [2.05, 4.69) is 21.2 Å². The fraction of sp³-hybridized carbons (Fsp3) is 0.542. The van der Waals surface area contributed by atoms with Gasteiger partial charge in [0, 0.05) is 18.0 Å². The Balaban J connectivity index is 1.88. The lowest BCUT2D eigenvalue weighted by atomic mass is 10.0. The number of amides is 1. The van der Waals surface area contributed by atoms with E-state index in [1.807, 2.05) is 13.8 Å². The van der Waals surface area contributed by atoms with Gasteiger partial charge in [0.15, 0.2) is 5.69 Å². The van der Waals surface area contributed by atoms with Crippen molar-refractivity contribution in [2.24, 2.45) is 0 Å². The molecule has 0 aliphatic heterocycles. The predicted octanol–water partition coefficient (Wildman–Crippen LogP) is 1.39. The van der Waals surface area contributed by atoms with Gasteiger partial charge in [-0.2, -0.15) is 11.0 Å². The van der Waals surface area contributed by atoms with Gasteiger partial charge in [0.1, 0.15) is 12.4 Å². The molecule has 2 aromatic rings. The number of benzene rings is 1. The number of carbonyl (C=O) groups excluding carboxylic acids is 2. The summed E-state index contributed by atoms with van der Waals surface area (Å²) in [6.07, 6.45) is 1.27. The van der Waals surface area contributed by atoms with Crippen LogP contribution in [0.2, 0.25) is 0 Å². The molecule has 1 saturated carbocycles. The predicted molar refractivity (Wildman–Crippen MR) is 123 cm³/mol. The van der Waals surface area contributed by atoms with Crippen LogP contribution in [0.15, 0.2) is 24.3 Å². The first-order valence-corrected chi connectivity index (χ1v) is 11.8. The second kappa shape index (κ2) is 12.1. The number of quaternary nitrogens is 1. The Morgan fingerprint density at radius 2 is 1.86 bits per heavy atom. The van der Waals surface area contributed by atoms with Gasteiger partial charge in [0.2, 0.25) is 5.88 Å². The van der Waals surface area contributed by atoms with Crippen LogP contribution < -0.4 is 16.0 Å². The molecule has 3 rings (SSSR count). The van der Waals surface area contributed by atoms with Crippen molar-refractivity contribution in [2.45, 2.75) is 76.5 Å². The third kappa shape index (κ3) is 7.00. The summed E-state index contributed by atoms with van der Waals surface area (Å²) in [5.74, 6) is 1.66. The number of carbonyl (C=O) groups is 2. The van der Waals surface area contributed by atoms with Gasteiger partial charge < -0.3 is 20.3 Å². The normalized spacial score (nSPS) is 15.7. The van der Waals surface area contributed by atoms with E-state index in [-0.39, 0.29) is 48.9 Å². The number of hydrogen-bond donors (Lipinski definition) is 4. The van der Waals surface area contributed by atoms with E-state index in [0.29, 0.717) is 11.3 Å². The minimum absolute atomic E-state index is 0.0937. The molecule has 1 heterocycles. The number of nitrogens with one attached hydrogen (secondary N) is 1. The Kier molecular flexibility index (Phi) is 9.19. The average Bonchev–Trinajstić information content (AvgIpc) is 3.45. The van der Waals surface area contributed by atoms with Crippen molar-refractivity contribution < 1.29 is 39.7 Å². The molecule has 1 aromatic heterocycles. The molecule has 192 valence electrons. The lowest BCUT2D eigenvalue weighted by Crippen LogP contribution is -2.51. The van der Waals surface area contributed by atoms with Crippen molar-refractivity contribution in [3.8, 4) is 11.6 Å². The quantitative estimate of drug-likeness (QED) is 0.345. The summed E-state index contributed by atoms with van der Waals surface area (Å²) in [7, 11) is 0. The first kappa shape index (κ1) is 26.6. The van der Waals surface area contributed by atoms with E-state index in [1.54, 1.807) is 0 Å². The standard InChI is InChI=1S/C24H33FN4O6/c1-14(2)21-22(23(33)27-16-5-3-4-6-16)28-29(17-9-7-15(25)8-10-17)24(21)34-13-19(31)11-18(30)12-20(32)35-26/h7-10,14,16,18-19,30-31H,3-6,11-13H2,1-2,26H3/p+1/t18-,19+/m1/s1. The summed E-state index contributed by atoms with van der Waals surface area (Å²) in [6.45, 7) is 3.57. The van der Waals surface area contributed by atoms with E-state index in [1.165, 1.54) is 28.9 Å². The number of halogens is 1. The zero-order valence-electron chi connectivity index (χ0n) is 20.1. The van der Waals surface area contributed by atoms with Gasteiger partial charge in [-0.15, -0.1) is 0 Å². The van der Waals surface area contributed by atoms with Gasteiger partial charge in [-0.25, -0.2) is 13.9 Å². The van der Waals surface area contributed by atoms with Crippen LogP contribution in [0.4, 0.5) is 4.39 Å². The molecule has 1 aliphatic carbocycles. The van der Waals surface area contributed by atoms with Crippen molar-refractivity contribution >= 4 is 11.9 Å². The number of aromatic nitrogens is 2. The summed E-state index contributed by atoms with van der Waals surface area (Å²) in [5.41, 5.74) is 1.24. The van der Waals surface area contributed by atoms with Crippen molar-refractivity contribution in [3.63, 3.8) is 0 Å². The highest BCUT2D eigenvalue weighted by Gasteiger charge is 2.29. The first-order chi connectivity index (χ1) is 16.7. The number of aliphatic hydroxyl groups excluding tert-OH is 2. The number of ether oxygens (including phenoxy) is 1. The molecule has 0 bridgehead atoms. The minimum Gasteiger partial charge on any atom is -0.475 e. The zero-order chi connectivity index (χ0) is 25.5. The van der Waals surface area contributed by atoms with Gasteiger partial charge in [-0.05, 0) is 43.0 Å². The number of hydrogen-bond acceptors (Lipinski definition) is 7. The van der Waals surface area contributed by atoms with Gasteiger partial charge in [0.25, 0.3) is 5.91 Å². The second-order valence-corrected chi connectivity index (χ2v) is 9.14. The molecule has 0 radical (unpaired) electrons. The maximum atomic E-state index is 13.5. The Hall–Kier alpha value is -3.02. The molecule has 1 amide bonds. The molecule has 1 fully saturated rings. The van der Waals surface area contributed by atoms with Gasteiger partial charge >= 0.3 is 5.97 Å². The van der Waals surface area contributed by atoms with Gasteiger partial charge in [0.05, 0.1) is 24.3 Å². The highest BCUT2D eigenvalue weighted by atomic mass is 19.1. The maximum absolute atomic E-state index is 13.5. The Bertz CT molecular complexity index is 1000. The average molecular weight is 494 g/mol. The monoisotopic (exact) mass is 493 g/mol. The fourth-order valence-electron chi connectivity index (χ4n) is 4.21. The summed E-state index contributed by atoms with van der Waals surface area (Å²) in [6, 6.07) is 5.68. The van der Waals surface area contributed by atoms with Crippen LogP contribution in [0, 0.1) is 5.82 Å². The first-order valence-electron chi connectivity index (χ1n) is 11.8. The number of aliphatic hydroxyl groups is 2. The van der Waals surface area contributed by atoms with E-state index >= 15 is 0 Å². The highest BCUT2D eigenvalue weighted by molar-refractivity contribution is 5.95. The molecule has 10 nitrogen and oxygen atoms in total. The third-order valence-electron chi connectivity index (χ3n) is 5.95. The van der Waals surface area contributed by atoms with Gasteiger partial charge in [-0.3, -0.25) is 9.63 Å². The van der Waals surface area contributed by atoms with Gasteiger partial charge in [-0.1, -0.05) is 26.7 Å². The van der Waals surface area contributed by atoms with Crippen LogP contribution in [-0.2, 0) is 9.63 Å². The fourth-order valence-corrected chi connectivity index (χ4v) is 4.21. The summed E-state index contributed by atoms with van der Waals surface area (Å²) >= 11 is 0. The van der Waals surface area contributed by atoms with Crippen molar-refractivity contribution in [3.05, 3.63) is 41.3 Å². The highest BCUT2D eigenvalue weighted by Crippen LogP contribution is 2.33. The number of rotatable bonds is 11. The Morgan fingerprint density at radius 3 is 2.46 bits per heavy atom. The van der Waals surface area contributed by atoms with Crippen LogP contribution >= 0.6 is 0 Å². The lowest BCUT2D eigenvalue weighted by Gasteiger charge is -2.18. The van der Waals surface area contributed by atoms with E-state index in [9.17, 15) is 24.2 Å². The van der Waals surface area contributed by atoms with Crippen molar-refractivity contribution in [1.82, 2.24) is 15.1 Å². The largest absolute Gasteiger partial charge is 0.475 e. The molecule has 1 aliphatic rings. The van der Waals surface area contributed by atoms with E-state index < -0.39 is 24.0 Å². The summed E-state index contributed by atoms with van der Waals surface area (Å²) in [4.78, 5) is 28.7. The molecular formula is C24H34FN4O6+. The smallest absolute Gasteiger partial charge is 0.368 e. The molecular weight excluding hydrogens is 459 g/mol. The van der Waals surface area contributed by atoms with E-state index in [0.717, 1.165) is 25.7 Å². The minimum atomic E-state index is -1.14. The zero-order valence-corrected chi connectivity index (χ0v) is 20.1. The third-order valence-corrected chi connectivity index (χ3v) is 5.95. The Labute approximate surface area is 203 Å². The molecule has 0 spiro atoms. The van der Waals surface area contributed by atoms with Crippen LogP contribution in [-0.4, -0.2) is 56.7 Å². The van der Waals surface area contributed by atoms with Crippen LogP contribution in [0.25, 0.3) is 5.69 Å². The molecule has 1 aromatic carbocycles. The van der Waals surface area contributed by atoms with Crippen LogP contribution in [0.5, 0.6) is 5.88 Å². The van der Waals surface area contributed by atoms with E-state index in [4.69, 9.17) is 4.74 Å². The topological polar surface area (TPSA) is 151 Å². The summed E-state index contributed by atoms with van der Waals surface area (Å²) < 4.78 is 20.9. The summed E-state index contributed by atoms with van der Waals surface area (Å²) in [5, 5.41) is 27.9. The molecule has 0 unspecified atom stereocenters.